The minimum atomic E-state index is -0.593. The Morgan fingerprint density at radius 3 is 2.60 bits per heavy atom. The number of aliphatic hydroxyl groups is 1. The first-order chi connectivity index (χ1) is 6.88. The van der Waals surface area contributed by atoms with E-state index in [1.54, 1.807) is 23.9 Å². The van der Waals surface area contributed by atoms with Crippen molar-refractivity contribution >= 4 is 11.8 Å². The molecule has 0 aliphatic heterocycles. The molecule has 1 N–H and O–H groups in total. The Kier molecular flexibility index (Phi) is 4.17. The van der Waals surface area contributed by atoms with E-state index in [9.17, 15) is 9.50 Å². The van der Waals surface area contributed by atoms with E-state index in [1.807, 2.05) is 0 Å². The average molecular weight is 228 g/mol. The first-order valence-electron chi connectivity index (χ1n) is 4.96. The highest BCUT2D eigenvalue weighted by molar-refractivity contribution is 8.00. The van der Waals surface area contributed by atoms with Gasteiger partial charge in [-0.1, -0.05) is 32.9 Å². The zero-order chi connectivity index (χ0) is 11.5. The van der Waals surface area contributed by atoms with Gasteiger partial charge in [-0.3, -0.25) is 0 Å². The first kappa shape index (κ1) is 12.5. The molecule has 0 amide bonds. The Balaban J connectivity index is 2.58. The Labute approximate surface area is 94.7 Å². The van der Waals surface area contributed by atoms with Crippen LogP contribution >= 0.6 is 11.8 Å². The van der Waals surface area contributed by atoms with Gasteiger partial charge < -0.3 is 5.11 Å². The fourth-order valence-corrected chi connectivity index (χ4v) is 1.99. The van der Waals surface area contributed by atoms with Crippen molar-refractivity contribution < 1.29 is 9.50 Å². The van der Waals surface area contributed by atoms with Crippen molar-refractivity contribution in [2.24, 2.45) is 0 Å². The van der Waals surface area contributed by atoms with E-state index in [2.05, 4.69) is 20.8 Å². The van der Waals surface area contributed by atoms with Crippen LogP contribution in [0.15, 0.2) is 24.3 Å². The molecule has 1 aromatic carbocycles. The maximum absolute atomic E-state index is 12.9. The smallest absolute Gasteiger partial charge is 0.123 e. The molecule has 3 heteroatoms. The third-order valence-electron chi connectivity index (χ3n) is 1.91. The molecule has 15 heavy (non-hydrogen) atoms. The molecule has 1 atom stereocenters. The summed E-state index contributed by atoms with van der Waals surface area (Å²) >= 11 is 1.67. The van der Waals surface area contributed by atoms with E-state index in [-0.39, 0.29) is 10.6 Å². The summed E-state index contributed by atoms with van der Waals surface area (Å²) in [5, 5.41) is 9.82. The molecule has 1 aromatic rings. The second-order valence-electron chi connectivity index (χ2n) is 4.49. The molecule has 0 aliphatic carbocycles. The molecule has 0 saturated heterocycles. The lowest BCUT2D eigenvalue weighted by atomic mass is 10.1. The second kappa shape index (κ2) is 4.99. The number of halogens is 1. The number of thioether (sulfide) groups is 1. The number of rotatable bonds is 3. The van der Waals surface area contributed by atoms with E-state index in [0.29, 0.717) is 11.3 Å². The van der Waals surface area contributed by atoms with Gasteiger partial charge in [0.2, 0.25) is 0 Å². The summed E-state index contributed by atoms with van der Waals surface area (Å²) in [6, 6.07) is 6.13. The van der Waals surface area contributed by atoms with Crippen LogP contribution in [0.25, 0.3) is 0 Å². The largest absolute Gasteiger partial charge is 0.388 e. The molecule has 0 aliphatic rings. The molecular formula is C12H17FOS. The van der Waals surface area contributed by atoms with Gasteiger partial charge in [-0.05, 0) is 17.7 Å². The molecule has 1 unspecified atom stereocenters. The van der Waals surface area contributed by atoms with E-state index < -0.39 is 6.10 Å². The van der Waals surface area contributed by atoms with E-state index >= 15 is 0 Å². The highest BCUT2D eigenvalue weighted by atomic mass is 32.2. The summed E-state index contributed by atoms with van der Waals surface area (Å²) in [5.74, 6) is 0.291. The Hall–Kier alpha value is -0.540. The van der Waals surface area contributed by atoms with Crippen molar-refractivity contribution in [2.75, 3.05) is 5.75 Å². The van der Waals surface area contributed by atoms with Crippen LogP contribution in [0.1, 0.15) is 32.4 Å². The highest BCUT2D eigenvalue weighted by Crippen LogP contribution is 2.28. The standard InChI is InChI=1S/C12H17FOS/c1-12(2,3)15-8-11(14)9-5-4-6-10(13)7-9/h4-7,11,14H,8H2,1-3H3. The molecule has 0 heterocycles. The molecule has 1 nitrogen and oxygen atoms in total. The van der Waals surface area contributed by atoms with Gasteiger partial charge in [0, 0.05) is 10.5 Å². The van der Waals surface area contributed by atoms with Crippen LogP contribution in [0.5, 0.6) is 0 Å². The van der Waals surface area contributed by atoms with Crippen molar-refractivity contribution in [1.29, 1.82) is 0 Å². The summed E-state index contributed by atoms with van der Waals surface area (Å²) in [6.45, 7) is 6.28. The van der Waals surface area contributed by atoms with E-state index in [0.717, 1.165) is 0 Å². The van der Waals surface area contributed by atoms with Crippen molar-refractivity contribution in [2.45, 2.75) is 31.6 Å². The molecule has 0 spiro atoms. The van der Waals surface area contributed by atoms with Gasteiger partial charge in [-0.15, -0.1) is 0 Å². The number of benzene rings is 1. The quantitative estimate of drug-likeness (QED) is 0.855. The van der Waals surface area contributed by atoms with Gasteiger partial charge in [0.05, 0.1) is 6.10 Å². The Bertz CT molecular complexity index is 320. The third-order valence-corrected chi connectivity index (χ3v) is 3.26. The topological polar surface area (TPSA) is 20.2 Å². The van der Waals surface area contributed by atoms with Gasteiger partial charge in [0.25, 0.3) is 0 Å². The van der Waals surface area contributed by atoms with Crippen molar-refractivity contribution in [3.63, 3.8) is 0 Å². The van der Waals surface area contributed by atoms with Crippen LogP contribution in [0.4, 0.5) is 4.39 Å². The fourth-order valence-electron chi connectivity index (χ4n) is 1.14. The normalized spacial score (nSPS) is 13.9. The fraction of sp³-hybridized carbons (Fsp3) is 0.500. The van der Waals surface area contributed by atoms with E-state index in [1.165, 1.54) is 12.1 Å². The van der Waals surface area contributed by atoms with Gasteiger partial charge in [0.15, 0.2) is 0 Å². The van der Waals surface area contributed by atoms with Crippen LogP contribution in [0.2, 0.25) is 0 Å². The van der Waals surface area contributed by atoms with Crippen LogP contribution in [-0.4, -0.2) is 15.6 Å². The lowest BCUT2D eigenvalue weighted by molar-refractivity contribution is 0.203. The van der Waals surface area contributed by atoms with Crippen molar-refractivity contribution in [1.82, 2.24) is 0 Å². The lowest BCUT2D eigenvalue weighted by Crippen LogP contribution is -2.12. The summed E-state index contributed by atoms with van der Waals surface area (Å²) in [6.07, 6.45) is -0.593. The summed E-state index contributed by atoms with van der Waals surface area (Å²) in [4.78, 5) is 0. The molecule has 0 bridgehead atoms. The maximum Gasteiger partial charge on any atom is 0.123 e. The molecule has 0 radical (unpaired) electrons. The maximum atomic E-state index is 12.9. The van der Waals surface area contributed by atoms with Gasteiger partial charge in [-0.2, -0.15) is 11.8 Å². The Morgan fingerprint density at radius 1 is 1.40 bits per heavy atom. The minimum Gasteiger partial charge on any atom is -0.388 e. The van der Waals surface area contributed by atoms with Gasteiger partial charge in [-0.25, -0.2) is 4.39 Å². The summed E-state index contributed by atoms with van der Waals surface area (Å²) in [5.41, 5.74) is 0.645. The average Bonchev–Trinajstić information content (AvgIpc) is 2.13. The SMILES string of the molecule is CC(C)(C)SCC(O)c1cccc(F)c1. The molecule has 0 aromatic heterocycles. The predicted octanol–water partition coefficient (Wildman–Crippen LogP) is 3.39. The highest BCUT2D eigenvalue weighted by Gasteiger charge is 2.15. The van der Waals surface area contributed by atoms with E-state index in [4.69, 9.17) is 0 Å². The number of aliphatic hydroxyl groups excluding tert-OH is 1. The molecule has 0 saturated carbocycles. The zero-order valence-electron chi connectivity index (χ0n) is 9.33. The number of hydrogen-bond acceptors (Lipinski definition) is 2. The lowest BCUT2D eigenvalue weighted by Gasteiger charge is -2.20. The van der Waals surface area contributed by atoms with Gasteiger partial charge in [0.1, 0.15) is 5.82 Å². The molecule has 1 rings (SSSR count). The first-order valence-corrected chi connectivity index (χ1v) is 5.94. The summed E-state index contributed by atoms with van der Waals surface area (Å²) < 4.78 is 13.0. The predicted molar refractivity (Wildman–Crippen MR) is 63.6 cm³/mol. The molecule has 84 valence electrons. The summed E-state index contributed by atoms with van der Waals surface area (Å²) in [7, 11) is 0. The molecule has 0 fully saturated rings. The monoisotopic (exact) mass is 228 g/mol. The van der Waals surface area contributed by atoms with Gasteiger partial charge >= 0.3 is 0 Å². The Morgan fingerprint density at radius 2 is 2.07 bits per heavy atom. The number of hydrogen-bond donors (Lipinski definition) is 1. The molecular weight excluding hydrogens is 211 g/mol. The second-order valence-corrected chi connectivity index (χ2v) is 6.34. The van der Waals surface area contributed by atoms with Crippen LogP contribution < -0.4 is 0 Å². The minimum absolute atomic E-state index is 0.119. The van der Waals surface area contributed by atoms with Crippen LogP contribution in [0, 0.1) is 5.82 Å². The van der Waals surface area contributed by atoms with Crippen LogP contribution in [0.3, 0.4) is 0 Å². The van der Waals surface area contributed by atoms with Crippen LogP contribution in [-0.2, 0) is 0 Å². The third kappa shape index (κ3) is 4.67. The zero-order valence-corrected chi connectivity index (χ0v) is 10.1. The van der Waals surface area contributed by atoms with Crippen molar-refractivity contribution in [3.05, 3.63) is 35.6 Å². The van der Waals surface area contributed by atoms with Crippen molar-refractivity contribution in [3.8, 4) is 0 Å².